The number of likely N-dealkylation sites (N-methyl/N-ethyl adjacent to an activating group) is 2. The van der Waals surface area contributed by atoms with E-state index in [1.807, 2.05) is 0 Å². The van der Waals surface area contributed by atoms with Gasteiger partial charge in [0.2, 0.25) is 0 Å². The minimum Gasteiger partial charge on any atom is -0.364 e. The fourth-order valence-corrected chi connectivity index (χ4v) is 3.10. The maximum absolute atomic E-state index is 11.4. The summed E-state index contributed by atoms with van der Waals surface area (Å²) in [7, 11) is 4.33. The predicted molar refractivity (Wildman–Crippen MR) is 73.4 cm³/mol. The Morgan fingerprint density at radius 1 is 1.47 bits per heavy atom. The van der Waals surface area contributed by atoms with Crippen molar-refractivity contribution in [3.63, 3.8) is 0 Å². The van der Waals surface area contributed by atoms with E-state index < -0.39 is 0 Å². The third kappa shape index (κ3) is 3.89. The number of hydrogen-bond acceptors (Lipinski definition) is 5. The molecule has 0 aromatic heterocycles. The molecule has 0 bridgehead atoms. The highest BCUT2D eigenvalue weighted by molar-refractivity contribution is 5.80. The number of carbonyl (C=O) groups excluding carboxylic acids is 1. The van der Waals surface area contributed by atoms with Crippen LogP contribution in [0, 0.1) is 0 Å². The van der Waals surface area contributed by atoms with Gasteiger partial charge >= 0.3 is 0 Å². The largest absolute Gasteiger partial charge is 0.364 e. The fraction of sp³-hybridized carbons (Fsp3) is 0.923. The van der Waals surface area contributed by atoms with Crippen molar-refractivity contribution in [2.24, 2.45) is 5.84 Å². The number of nitrogens with zero attached hydrogens (tertiary/aromatic N) is 2. The molecular weight excluding hydrogens is 244 g/mol. The lowest BCUT2D eigenvalue weighted by Gasteiger charge is -2.36. The van der Waals surface area contributed by atoms with Crippen LogP contribution in [0.4, 0.5) is 0 Å². The number of rotatable bonds is 4. The molecule has 0 spiro atoms. The number of piperidine rings is 1. The number of amides is 1. The molecular formula is C13H26N4O2. The molecule has 2 rings (SSSR count). The highest BCUT2D eigenvalue weighted by atomic mass is 16.5. The fourth-order valence-electron chi connectivity index (χ4n) is 3.10. The SMILES string of the molecule is CN1CCCC(N(C)CC2CCC(C(=O)NN)O2)C1. The van der Waals surface area contributed by atoms with Gasteiger partial charge in [0, 0.05) is 19.1 Å². The standard InChI is InChI=1S/C13H26N4O2/c1-16-7-3-4-10(8-16)17(2)9-11-5-6-12(19-11)13(18)15-14/h10-12H,3-9,14H2,1-2H3,(H,15,18). The van der Waals surface area contributed by atoms with E-state index in [1.165, 1.54) is 19.4 Å². The quantitative estimate of drug-likeness (QED) is 0.411. The Morgan fingerprint density at radius 3 is 2.95 bits per heavy atom. The van der Waals surface area contributed by atoms with Crippen molar-refractivity contribution >= 4 is 5.91 Å². The Balaban J connectivity index is 1.77. The summed E-state index contributed by atoms with van der Waals surface area (Å²) >= 11 is 0. The van der Waals surface area contributed by atoms with Crippen molar-refractivity contribution in [1.29, 1.82) is 0 Å². The number of carbonyl (C=O) groups is 1. The lowest BCUT2D eigenvalue weighted by Crippen LogP contribution is -2.47. The maximum Gasteiger partial charge on any atom is 0.263 e. The number of likely N-dealkylation sites (tertiary alicyclic amines) is 1. The summed E-state index contributed by atoms with van der Waals surface area (Å²) in [5, 5.41) is 0. The normalized spacial score (nSPS) is 32.7. The van der Waals surface area contributed by atoms with Gasteiger partial charge in [0.1, 0.15) is 6.10 Å². The average molecular weight is 270 g/mol. The highest BCUT2D eigenvalue weighted by Gasteiger charge is 2.32. The number of nitrogens with two attached hydrogens (primary N) is 1. The van der Waals surface area contributed by atoms with Crippen molar-refractivity contribution in [1.82, 2.24) is 15.2 Å². The molecule has 2 heterocycles. The lowest BCUT2D eigenvalue weighted by atomic mass is 10.0. The van der Waals surface area contributed by atoms with Gasteiger partial charge in [-0.25, -0.2) is 5.84 Å². The Morgan fingerprint density at radius 2 is 2.26 bits per heavy atom. The van der Waals surface area contributed by atoms with E-state index >= 15 is 0 Å². The van der Waals surface area contributed by atoms with Gasteiger partial charge < -0.3 is 9.64 Å². The zero-order valence-corrected chi connectivity index (χ0v) is 12.0. The molecule has 0 saturated carbocycles. The summed E-state index contributed by atoms with van der Waals surface area (Å²) in [5.41, 5.74) is 2.17. The molecule has 6 nitrogen and oxygen atoms in total. The smallest absolute Gasteiger partial charge is 0.263 e. The molecule has 3 atom stereocenters. The Bertz CT molecular complexity index is 313. The molecule has 0 aliphatic carbocycles. The summed E-state index contributed by atoms with van der Waals surface area (Å²) in [6, 6.07) is 0.602. The van der Waals surface area contributed by atoms with Gasteiger partial charge in [-0.05, 0) is 46.3 Å². The average Bonchev–Trinajstić information content (AvgIpc) is 2.86. The molecule has 0 radical (unpaired) electrons. The van der Waals surface area contributed by atoms with Gasteiger partial charge in [0.15, 0.2) is 0 Å². The molecule has 6 heteroatoms. The van der Waals surface area contributed by atoms with Gasteiger partial charge in [0.05, 0.1) is 6.10 Å². The van der Waals surface area contributed by atoms with Crippen LogP contribution in [-0.2, 0) is 9.53 Å². The van der Waals surface area contributed by atoms with E-state index in [-0.39, 0.29) is 18.1 Å². The summed E-state index contributed by atoms with van der Waals surface area (Å²) < 4.78 is 5.76. The molecule has 110 valence electrons. The summed E-state index contributed by atoms with van der Waals surface area (Å²) in [5.74, 6) is 4.93. The number of ether oxygens (including phenoxy) is 1. The number of hydrogen-bond donors (Lipinski definition) is 2. The first-order valence-corrected chi connectivity index (χ1v) is 7.15. The first-order chi connectivity index (χ1) is 9.10. The van der Waals surface area contributed by atoms with E-state index in [0.29, 0.717) is 6.04 Å². The summed E-state index contributed by atoms with van der Waals surface area (Å²) in [6.07, 6.45) is 4.00. The Kier molecular flexibility index (Phi) is 5.15. The van der Waals surface area contributed by atoms with Crippen LogP contribution >= 0.6 is 0 Å². The predicted octanol–water partition coefficient (Wildman–Crippen LogP) is -0.450. The molecule has 1 amide bonds. The van der Waals surface area contributed by atoms with Gasteiger partial charge in [-0.15, -0.1) is 0 Å². The van der Waals surface area contributed by atoms with Crippen LogP contribution < -0.4 is 11.3 Å². The Labute approximate surface area is 115 Å². The first kappa shape index (κ1) is 14.7. The molecule has 2 saturated heterocycles. The maximum atomic E-state index is 11.4. The van der Waals surface area contributed by atoms with E-state index in [0.717, 1.165) is 25.9 Å². The zero-order chi connectivity index (χ0) is 13.8. The molecule has 2 aliphatic rings. The number of nitrogens with one attached hydrogen (secondary N) is 1. The van der Waals surface area contributed by atoms with Crippen molar-refractivity contribution in [3.8, 4) is 0 Å². The monoisotopic (exact) mass is 270 g/mol. The second kappa shape index (κ2) is 6.65. The van der Waals surface area contributed by atoms with Crippen molar-refractivity contribution < 1.29 is 9.53 Å². The van der Waals surface area contributed by atoms with Crippen LogP contribution in [0.3, 0.4) is 0 Å². The number of hydrazine groups is 1. The van der Waals surface area contributed by atoms with Gasteiger partial charge in [-0.2, -0.15) is 0 Å². The van der Waals surface area contributed by atoms with E-state index in [2.05, 4.69) is 29.3 Å². The molecule has 0 aromatic carbocycles. The van der Waals surface area contributed by atoms with Gasteiger partial charge in [0.25, 0.3) is 5.91 Å². The van der Waals surface area contributed by atoms with E-state index in [1.54, 1.807) is 0 Å². The van der Waals surface area contributed by atoms with E-state index in [9.17, 15) is 4.79 Å². The molecule has 3 unspecified atom stereocenters. The van der Waals surface area contributed by atoms with Crippen LogP contribution in [0.1, 0.15) is 25.7 Å². The lowest BCUT2D eigenvalue weighted by molar-refractivity contribution is -0.132. The van der Waals surface area contributed by atoms with Crippen molar-refractivity contribution in [2.45, 2.75) is 43.9 Å². The van der Waals surface area contributed by atoms with Crippen molar-refractivity contribution in [3.05, 3.63) is 0 Å². The first-order valence-electron chi connectivity index (χ1n) is 7.15. The van der Waals surface area contributed by atoms with Crippen molar-refractivity contribution in [2.75, 3.05) is 33.7 Å². The second-order valence-corrected chi connectivity index (χ2v) is 5.83. The molecule has 19 heavy (non-hydrogen) atoms. The second-order valence-electron chi connectivity index (χ2n) is 5.83. The summed E-state index contributed by atoms with van der Waals surface area (Å²) in [6.45, 7) is 3.21. The minimum atomic E-state index is -0.363. The topological polar surface area (TPSA) is 70.8 Å². The zero-order valence-electron chi connectivity index (χ0n) is 12.0. The highest BCUT2D eigenvalue weighted by Crippen LogP contribution is 2.22. The summed E-state index contributed by atoms with van der Waals surface area (Å²) in [4.78, 5) is 16.2. The third-order valence-corrected chi connectivity index (χ3v) is 4.26. The van der Waals surface area contributed by atoms with Gasteiger partial charge in [-0.1, -0.05) is 0 Å². The molecule has 2 aliphatic heterocycles. The van der Waals surface area contributed by atoms with Crippen LogP contribution in [-0.4, -0.2) is 67.7 Å². The molecule has 0 aromatic rings. The molecule has 2 fully saturated rings. The minimum absolute atomic E-state index is 0.152. The Hall–Kier alpha value is -0.690. The van der Waals surface area contributed by atoms with Crippen LogP contribution in [0.5, 0.6) is 0 Å². The van der Waals surface area contributed by atoms with E-state index in [4.69, 9.17) is 10.6 Å². The van der Waals surface area contributed by atoms with Crippen LogP contribution in [0.2, 0.25) is 0 Å². The molecule has 3 N–H and O–H groups in total. The van der Waals surface area contributed by atoms with Gasteiger partial charge in [-0.3, -0.25) is 15.1 Å². The van der Waals surface area contributed by atoms with Crippen LogP contribution in [0.15, 0.2) is 0 Å². The third-order valence-electron chi connectivity index (χ3n) is 4.26. The van der Waals surface area contributed by atoms with Crippen LogP contribution in [0.25, 0.3) is 0 Å².